The lowest BCUT2D eigenvalue weighted by Gasteiger charge is -2.09. The number of nitro groups is 1. The fraction of sp³-hybridized carbons (Fsp3) is 0.0769. The number of nitrogens with one attached hydrogen (secondary N) is 2. The van der Waals surface area contributed by atoms with Crippen molar-refractivity contribution in [2.24, 2.45) is 5.84 Å². The van der Waals surface area contributed by atoms with Crippen LogP contribution in [0.3, 0.4) is 0 Å². The summed E-state index contributed by atoms with van der Waals surface area (Å²) in [5, 5.41) is 13.7. The Bertz CT molecular complexity index is 661. The van der Waals surface area contributed by atoms with Crippen LogP contribution in [-0.4, -0.2) is 4.92 Å². The number of hydrogen-bond acceptors (Lipinski definition) is 5. The second-order valence-corrected chi connectivity index (χ2v) is 4.26. The number of aryl methyl sites for hydroxylation is 1. The molecule has 0 atom stereocenters. The Hall–Kier alpha value is -2.67. The molecule has 2 aromatic rings. The number of non-ortho nitro benzene ring substituents is 1. The average molecular weight is 276 g/mol. The van der Waals surface area contributed by atoms with Crippen LogP contribution in [0.25, 0.3) is 0 Å². The minimum Gasteiger partial charge on any atom is -0.355 e. The molecular weight excluding hydrogens is 263 g/mol. The number of nitrogens with zero attached hydrogens (tertiary/aromatic N) is 1. The van der Waals surface area contributed by atoms with Crippen LogP contribution in [0, 0.1) is 22.9 Å². The number of nitrogen functional groups attached to an aromatic ring is 1. The molecule has 0 aliphatic rings. The van der Waals surface area contributed by atoms with Gasteiger partial charge in [-0.05, 0) is 30.7 Å². The van der Waals surface area contributed by atoms with Crippen molar-refractivity contribution in [3.8, 4) is 0 Å². The number of hydrogen-bond donors (Lipinski definition) is 3. The van der Waals surface area contributed by atoms with Crippen molar-refractivity contribution in [2.45, 2.75) is 6.92 Å². The molecule has 0 fully saturated rings. The van der Waals surface area contributed by atoms with E-state index in [-0.39, 0.29) is 11.5 Å². The van der Waals surface area contributed by atoms with Crippen LogP contribution in [0.15, 0.2) is 36.4 Å². The topological polar surface area (TPSA) is 93.2 Å². The average Bonchev–Trinajstić information content (AvgIpc) is 2.42. The summed E-state index contributed by atoms with van der Waals surface area (Å²) in [5.74, 6) is 4.92. The zero-order valence-corrected chi connectivity index (χ0v) is 10.7. The summed E-state index contributed by atoms with van der Waals surface area (Å²) in [6, 6.07) is 8.87. The minimum absolute atomic E-state index is 0.115. The molecule has 0 unspecified atom stereocenters. The van der Waals surface area contributed by atoms with Gasteiger partial charge in [0.2, 0.25) is 0 Å². The van der Waals surface area contributed by atoms with Crippen LogP contribution >= 0.6 is 0 Å². The van der Waals surface area contributed by atoms with E-state index in [1.807, 2.05) is 0 Å². The highest BCUT2D eigenvalue weighted by molar-refractivity contribution is 5.68. The molecule has 2 aromatic carbocycles. The van der Waals surface area contributed by atoms with Gasteiger partial charge in [0.1, 0.15) is 5.82 Å². The normalized spacial score (nSPS) is 10.2. The molecule has 20 heavy (non-hydrogen) atoms. The molecule has 6 nitrogen and oxygen atoms in total. The number of nitro benzene ring substituents is 1. The molecule has 0 aliphatic carbocycles. The monoisotopic (exact) mass is 276 g/mol. The lowest BCUT2D eigenvalue weighted by molar-refractivity contribution is -0.384. The maximum Gasteiger partial charge on any atom is 0.273 e. The maximum atomic E-state index is 13.5. The zero-order valence-electron chi connectivity index (χ0n) is 10.7. The Morgan fingerprint density at radius 2 is 1.85 bits per heavy atom. The van der Waals surface area contributed by atoms with Crippen molar-refractivity contribution in [1.29, 1.82) is 0 Å². The third-order valence-electron chi connectivity index (χ3n) is 2.76. The molecule has 4 N–H and O–H groups in total. The SMILES string of the molecule is Cc1ccc(Nc2cc(NN)cc([N+](=O)[O-])c2)cc1F. The van der Waals surface area contributed by atoms with Gasteiger partial charge in [0, 0.05) is 23.5 Å². The highest BCUT2D eigenvalue weighted by Gasteiger charge is 2.10. The molecule has 0 radical (unpaired) electrons. The number of anilines is 3. The van der Waals surface area contributed by atoms with Crippen molar-refractivity contribution in [2.75, 3.05) is 10.7 Å². The standard InChI is InChI=1S/C13H13FN4O2/c1-8-2-3-9(7-13(8)14)16-10-4-11(17-15)6-12(5-10)18(19)20/h2-7,16-17H,15H2,1H3. The summed E-state index contributed by atoms with van der Waals surface area (Å²) < 4.78 is 13.5. The van der Waals surface area contributed by atoms with Crippen LogP contribution in [0.4, 0.5) is 27.1 Å². The summed E-state index contributed by atoms with van der Waals surface area (Å²) in [5.41, 5.74) is 4.08. The Kier molecular flexibility index (Phi) is 3.81. The highest BCUT2D eigenvalue weighted by atomic mass is 19.1. The molecule has 104 valence electrons. The van der Waals surface area contributed by atoms with Crippen LogP contribution in [0.2, 0.25) is 0 Å². The molecule has 0 spiro atoms. The van der Waals surface area contributed by atoms with E-state index in [1.165, 1.54) is 18.2 Å². The number of benzene rings is 2. The largest absolute Gasteiger partial charge is 0.355 e. The summed E-state index contributed by atoms with van der Waals surface area (Å²) in [4.78, 5) is 10.3. The van der Waals surface area contributed by atoms with Crippen molar-refractivity contribution in [3.63, 3.8) is 0 Å². The minimum atomic E-state index is -0.526. The van der Waals surface area contributed by atoms with Gasteiger partial charge >= 0.3 is 0 Å². The van der Waals surface area contributed by atoms with Crippen molar-refractivity contribution in [1.82, 2.24) is 0 Å². The highest BCUT2D eigenvalue weighted by Crippen LogP contribution is 2.27. The van der Waals surface area contributed by atoms with Gasteiger partial charge in [0.05, 0.1) is 10.6 Å². The predicted octanol–water partition coefficient (Wildman–Crippen LogP) is 3.07. The second kappa shape index (κ2) is 5.54. The van der Waals surface area contributed by atoms with Crippen LogP contribution in [0.1, 0.15) is 5.56 Å². The molecule has 7 heteroatoms. The van der Waals surface area contributed by atoms with Crippen molar-refractivity contribution < 1.29 is 9.31 Å². The Balaban J connectivity index is 2.34. The van der Waals surface area contributed by atoms with E-state index in [9.17, 15) is 14.5 Å². The van der Waals surface area contributed by atoms with Gasteiger partial charge in [-0.3, -0.25) is 16.0 Å². The van der Waals surface area contributed by atoms with Gasteiger partial charge in [-0.25, -0.2) is 4.39 Å². The summed E-state index contributed by atoms with van der Waals surface area (Å²) >= 11 is 0. The molecule has 0 heterocycles. The number of rotatable bonds is 4. The molecule has 2 rings (SSSR count). The first kappa shape index (κ1) is 13.8. The third-order valence-corrected chi connectivity index (χ3v) is 2.76. The van der Waals surface area contributed by atoms with Crippen molar-refractivity contribution >= 4 is 22.7 Å². The smallest absolute Gasteiger partial charge is 0.273 e. The molecule has 0 aliphatic heterocycles. The quantitative estimate of drug-likeness (QED) is 0.453. The number of halogens is 1. The van der Waals surface area contributed by atoms with E-state index in [4.69, 9.17) is 5.84 Å². The number of hydrazine groups is 1. The zero-order chi connectivity index (χ0) is 14.7. The molecule has 0 saturated heterocycles. The predicted molar refractivity (Wildman–Crippen MR) is 75.3 cm³/mol. The fourth-order valence-electron chi connectivity index (χ4n) is 1.71. The summed E-state index contributed by atoms with van der Waals surface area (Å²) in [6.07, 6.45) is 0. The lowest BCUT2D eigenvalue weighted by atomic mass is 10.2. The maximum absolute atomic E-state index is 13.5. The Morgan fingerprint density at radius 3 is 2.45 bits per heavy atom. The van der Waals surface area contributed by atoms with E-state index >= 15 is 0 Å². The van der Waals surface area contributed by atoms with E-state index in [2.05, 4.69) is 10.7 Å². The van der Waals surface area contributed by atoms with E-state index < -0.39 is 4.92 Å². The molecule has 0 saturated carbocycles. The first-order chi connectivity index (χ1) is 9.49. The van der Waals surface area contributed by atoms with E-state index in [0.717, 1.165) is 0 Å². The lowest BCUT2D eigenvalue weighted by Crippen LogP contribution is -2.07. The van der Waals surface area contributed by atoms with E-state index in [1.54, 1.807) is 25.1 Å². The summed E-state index contributed by atoms with van der Waals surface area (Å²) in [6.45, 7) is 1.66. The van der Waals surface area contributed by atoms with Crippen LogP contribution in [0.5, 0.6) is 0 Å². The van der Waals surface area contributed by atoms with E-state index in [0.29, 0.717) is 22.6 Å². The van der Waals surface area contributed by atoms with Gasteiger partial charge in [0.25, 0.3) is 5.69 Å². The van der Waals surface area contributed by atoms with Gasteiger partial charge < -0.3 is 10.7 Å². The van der Waals surface area contributed by atoms with Gasteiger partial charge in [-0.15, -0.1) is 0 Å². The van der Waals surface area contributed by atoms with Gasteiger partial charge in [0.15, 0.2) is 0 Å². The van der Waals surface area contributed by atoms with Gasteiger partial charge in [-0.2, -0.15) is 0 Å². The third kappa shape index (κ3) is 3.01. The molecule has 0 aromatic heterocycles. The molecule has 0 amide bonds. The van der Waals surface area contributed by atoms with Gasteiger partial charge in [-0.1, -0.05) is 6.07 Å². The Morgan fingerprint density at radius 1 is 1.15 bits per heavy atom. The van der Waals surface area contributed by atoms with Crippen molar-refractivity contribution in [3.05, 3.63) is 57.9 Å². The van der Waals surface area contributed by atoms with Crippen LogP contribution in [-0.2, 0) is 0 Å². The second-order valence-electron chi connectivity index (χ2n) is 4.26. The first-order valence-corrected chi connectivity index (χ1v) is 5.79. The Labute approximate surface area is 114 Å². The molecular formula is C13H13FN4O2. The summed E-state index contributed by atoms with van der Waals surface area (Å²) in [7, 11) is 0. The molecule has 0 bridgehead atoms. The first-order valence-electron chi connectivity index (χ1n) is 5.79. The fourth-order valence-corrected chi connectivity index (χ4v) is 1.71. The van der Waals surface area contributed by atoms with Crippen LogP contribution < -0.4 is 16.6 Å². The number of nitrogens with two attached hydrogens (primary N) is 1.